The summed E-state index contributed by atoms with van der Waals surface area (Å²) in [5.41, 5.74) is 6.11. The van der Waals surface area contributed by atoms with Gasteiger partial charge < -0.3 is 15.2 Å². The number of ether oxygens (including phenoxy) is 2. The summed E-state index contributed by atoms with van der Waals surface area (Å²) in [6.45, 7) is 8.38. The second-order valence-corrected chi connectivity index (χ2v) is 4.38. The lowest BCUT2D eigenvalue weighted by molar-refractivity contribution is -0.109. The first-order valence-electron chi connectivity index (χ1n) is 4.47. The zero-order valence-corrected chi connectivity index (χ0v) is 8.17. The van der Waals surface area contributed by atoms with Crippen molar-refractivity contribution in [1.82, 2.24) is 0 Å². The molecule has 1 aliphatic heterocycles. The summed E-state index contributed by atoms with van der Waals surface area (Å²) < 4.78 is 10.8. The molecule has 0 bridgehead atoms. The van der Waals surface area contributed by atoms with Crippen LogP contribution in [0.3, 0.4) is 0 Å². The van der Waals surface area contributed by atoms with Crippen LogP contribution in [-0.4, -0.2) is 32.0 Å². The van der Waals surface area contributed by atoms with Crippen molar-refractivity contribution >= 4 is 0 Å². The van der Waals surface area contributed by atoms with Crippen LogP contribution in [0.5, 0.6) is 0 Å². The largest absolute Gasteiger partial charge is 0.376 e. The molecule has 1 aliphatic rings. The van der Waals surface area contributed by atoms with Crippen molar-refractivity contribution in [3.05, 3.63) is 0 Å². The second kappa shape index (κ2) is 3.73. The average molecular weight is 173 g/mol. The summed E-state index contributed by atoms with van der Waals surface area (Å²) in [6.07, 6.45) is 0.0683. The smallest absolute Gasteiger partial charge is 0.0965 e. The SMILES string of the molecule is CC(C)(C)C(N)C1COCCO1. The molecule has 1 rings (SSSR count). The molecule has 0 radical (unpaired) electrons. The van der Waals surface area contributed by atoms with Crippen LogP contribution in [-0.2, 0) is 9.47 Å². The predicted molar refractivity (Wildman–Crippen MR) is 48.0 cm³/mol. The van der Waals surface area contributed by atoms with Gasteiger partial charge >= 0.3 is 0 Å². The number of rotatable bonds is 1. The maximum absolute atomic E-state index is 6.02. The molecule has 0 aromatic carbocycles. The molecular weight excluding hydrogens is 154 g/mol. The third-order valence-electron chi connectivity index (χ3n) is 2.24. The van der Waals surface area contributed by atoms with E-state index >= 15 is 0 Å². The van der Waals surface area contributed by atoms with Gasteiger partial charge in [0.2, 0.25) is 0 Å². The van der Waals surface area contributed by atoms with Gasteiger partial charge in [-0.3, -0.25) is 0 Å². The molecule has 72 valence electrons. The lowest BCUT2D eigenvalue weighted by Crippen LogP contribution is -2.50. The Bertz CT molecular complexity index is 136. The molecule has 2 atom stereocenters. The Morgan fingerprint density at radius 1 is 1.33 bits per heavy atom. The van der Waals surface area contributed by atoms with E-state index < -0.39 is 0 Å². The summed E-state index contributed by atoms with van der Waals surface area (Å²) >= 11 is 0. The Balaban J connectivity index is 2.45. The lowest BCUT2D eigenvalue weighted by Gasteiger charge is -2.35. The minimum Gasteiger partial charge on any atom is -0.376 e. The van der Waals surface area contributed by atoms with Crippen molar-refractivity contribution in [3.8, 4) is 0 Å². The average Bonchev–Trinajstić information content (AvgIpc) is 2.03. The number of hydrogen-bond donors (Lipinski definition) is 1. The lowest BCUT2D eigenvalue weighted by atomic mass is 9.84. The molecule has 0 aromatic rings. The summed E-state index contributed by atoms with van der Waals surface area (Å²) in [6, 6.07) is 0.0535. The fourth-order valence-corrected chi connectivity index (χ4v) is 1.27. The van der Waals surface area contributed by atoms with Gasteiger partial charge in [-0.25, -0.2) is 0 Å². The van der Waals surface area contributed by atoms with Gasteiger partial charge in [0.05, 0.1) is 25.9 Å². The molecule has 0 saturated carbocycles. The molecule has 0 spiro atoms. The summed E-state index contributed by atoms with van der Waals surface area (Å²) in [5, 5.41) is 0. The van der Waals surface area contributed by atoms with Gasteiger partial charge in [0.15, 0.2) is 0 Å². The second-order valence-electron chi connectivity index (χ2n) is 4.38. The Morgan fingerprint density at radius 2 is 2.00 bits per heavy atom. The van der Waals surface area contributed by atoms with Crippen LogP contribution < -0.4 is 5.73 Å². The normalized spacial score (nSPS) is 28.5. The van der Waals surface area contributed by atoms with Crippen LogP contribution in [0, 0.1) is 5.41 Å². The van der Waals surface area contributed by atoms with E-state index in [0.29, 0.717) is 19.8 Å². The Labute approximate surface area is 74.2 Å². The predicted octanol–water partition coefficient (Wildman–Crippen LogP) is 0.775. The monoisotopic (exact) mass is 173 g/mol. The van der Waals surface area contributed by atoms with Crippen molar-refractivity contribution in [2.24, 2.45) is 11.1 Å². The van der Waals surface area contributed by atoms with Gasteiger partial charge in [-0.15, -0.1) is 0 Å². The van der Waals surface area contributed by atoms with Crippen LogP contribution in [0.1, 0.15) is 20.8 Å². The van der Waals surface area contributed by atoms with E-state index in [0.717, 1.165) is 0 Å². The molecule has 0 amide bonds. The summed E-state index contributed by atoms with van der Waals surface area (Å²) in [4.78, 5) is 0. The van der Waals surface area contributed by atoms with Crippen molar-refractivity contribution in [3.63, 3.8) is 0 Å². The third-order valence-corrected chi connectivity index (χ3v) is 2.24. The van der Waals surface area contributed by atoms with Gasteiger partial charge in [0.1, 0.15) is 0 Å². The molecule has 3 nitrogen and oxygen atoms in total. The van der Waals surface area contributed by atoms with Crippen LogP contribution in [0.4, 0.5) is 0 Å². The topological polar surface area (TPSA) is 44.5 Å². The fraction of sp³-hybridized carbons (Fsp3) is 1.00. The molecule has 1 heterocycles. The van der Waals surface area contributed by atoms with Crippen LogP contribution in [0.15, 0.2) is 0 Å². The molecule has 1 saturated heterocycles. The van der Waals surface area contributed by atoms with Crippen molar-refractivity contribution < 1.29 is 9.47 Å². The molecule has 0 aromatic heterocycles. The van der Waals surface area contributed by atoms with E-state index in [9.17, 15) is 0 Å². The van der Waals surface area contributed by atoms with E-state index in [2.05, 4.69) is 20.8 Å². The van der Waals surface area contributed by atoms with Gasteiger partial charge in [0, 0.05) is 6.04 Å². The fourth-order valence-electron chi connectivity index (χ4n) is 1.27. The van der Waals surface area contributed by atoms with Gasteiger partial charge in [-0.05, 0) is 5.41 Å². The highest BCUT2D eigenvalue weighted by molar-refractivity contribution is 4.85. The molecule has 3 heteroatoms. The number of hydrogen-bond acceptors (Lipinski definition) is 3. The third kappa shape index (κ3) is 2.44. The highest BCUT2D eigenvalue weighted by atomic mass is 16.6. The molecule has 1 fully saturated rings. The molecular formula is C9H19NO2. The van der Waals surface area contributed by atoms with Gasteiger partial charge in [-0.1, -0.05) is 20.8 Å². The van der Waals surface area contributed by atoms with E-state index in [4.69, 9.17) is 15.2 Å². The van der Waals surface area contributed by atoms with E-state index in [1.165, 1.54) is 0 Å². The van der Waals surface area contributed by atoms with Crippen molar-refractivity contribution in [1.29, 1.82) is 0 Å². The Morgan fingerprint density at radius 3 is 2.42 bits per heavy atom. The van der Waals surface area contributed by atoms with Gasteiger partial charge in [-0.2, -0.15) is 0 Å². The van der Waals surface area contributed by atoms with E-state index in [-0.39, 0.29) is 17.6 Å². The summed E-state index contributed by atoms with van der Waals surface area (Å²) in [5.74, 6) is 0. The zero-order chi connectivity index (χ0) is 9.19. The highest BCUT2D eigenvalue weighted by Gasteiger charge is 2.31. The molecule has 0 aliphatic carbocycles. The zero-order valence-electron chi connectivity index (χ0n) is 8.17. The van der Waals surface area contributed by atoms with E-state index in [1.54, 1.807) is 0 Å². The highest BCUT2D eigenvalue weighted by Crippen LogP contribution is 2.22. The number of nitrogens with two attached hydrogens (primary N) is 1. The quantitative estimate of drug-likeness (QED) is 0.637. The maximum atomic E-state index is 6.02. The van der Waals surface area contributed by atoms with Crippen LogP contribution >= 0.6 is 0 Å². The van der Waals surface area contributed by atoms with Gasteiger partial charge in [0.25, 0.3) is 0 Å². The van der Waals surface area contributed by atoms with Crippen molar-refractivity contribution in [2.75, 3.05) is 19.8 Å². The Hall–Kier alpha value is -0.120. The minimum absolute atomic E-state index is 0.0535. The van der Waals surface area contributed by atoms with Crippen molar-refractivity contribution in [2.45, 2.75) is 32.9 Å². The molecule has 12 heavy (non-hydrogen) atoms. The first kappa shape index (κ1) is 9.96. The minimum atomic E-state index is 0.0535. The first-order chi connectivity index (χ1) is 5.52. The van der Waals surface area contributed by atoms with E-state index in [1.807, 2.05) is 0 Å². The first-order valence-corrected chi connectivity index (χ1v) is 4.47. The Kier molecular flexibility index (Phi) is 3.09. The van der Waals surface area contributed by atoms with Crippen LogP contribution in [0.25, 0.3) is 0 Å². The summed E-state index contributed by atoms with van der Waals surface area (Å²) in [7, 11) is 0. The maximum Gasteiger partial charge on any atom is 0.0965 e. The molecule has 2 N–H and O–H groups in total. The standard InChI is InChI=1S/C9H19NO2/c1-9(2,3)8(10)7-6-11-4-5-12-7/h7-8H,4-6,10H2,1-3H3. The molecule has 2 unspecified atom stereocenters. The van der Waals surface area contributed by atoms with Crippen LogP contribution in [0.2, 0.25) is 0 Å².